The van der Waals surface area contributed by atoms with Gasteiger partial charge in [0.15, 0.2) is 5.13 Å². The highest BCUT2D eigenvalue weighted by Gasteiger charge is 2.29. The average molecular weight is 575 g/mol. The first kappa shape index (κ1) is 27.5. The number of thioether (sulfide) groups is 1. The third-order valence-electron chi connectivity index (χ3n) is 7.29. The number of nitrogens with zero attached hydrogens (tertiary/aromatic N) is 4. The normalized spacial score (nSPS) is 18.2. The molecule has 0 radical (unpaired) electrons. The second-order valence-electron chi connectivity index (χ2n) is 9.83. The van der Waals surface area contributed by atoms with Crippen LogP contribution in [0.2, 0.25) is 0 Å². The summed E-state index contributed by atoms with van der Waals surface area (Å²) in [5, 5.41) is 0.652. The lowest BCUT2D eigenvalue weighted by molar-refractivity contribution is 0.0391. The van der Waals surface area contributed by atoms with Crippen molar-refractivity contribution in [2.24, 2.45) is 5.92 Å². The van der Waals surface area contributed by atoms with Gasteiger partial charge in [-0.25, -0.2) is 13.4 Å². The van der Waals surface area contributed by atoms with Crippen molar-refractivity contribution in [3.8, 4) is 0 Å². The van der Waals surface area contributed by atoms with E-state index in [-0.39, 0.29) is 10.8 Å². The van der Waals surface area contributed by atoms with Crippen LogP contribution in [0.4, 0.5) is 5.13 Å². The van der Waals surface area contributed by atoms with Gasteiger partial charge in [0.2, 0.25) is 10.0 Å². The summed E-state index contributed by atoms with van der Waals surface area (Å²) in [4.78, 5) is 24.0. The summed E-state index contributed by atoms with van der Waals surface area (Å²) in [6.07, 6.45) is 3.76. The Hall–Kier alpha value is -2.02. The third-order valence-corrected chi connectivity index (χ3v) is 11.0. The van der Waals surface area contributed by atoms with Gasteiger partial charge < -0.3 is 4.74 Å². The number of amides is 1. The second kappa shape index (κ2) is 12.0. The number of hydrogen-bond acceptors (Lipinski definition) is 8. The number of fused-ring (bicyclic) bond motifs is 1. The number of carbonyl (C=O) groups excluding carboxylic acids is 1. The lowest BCUT2D eigenvalue weighted by Gasteiger charge is -2.29. The molecule has 11 heteroatoms. The molecule has 0 bridgehead atoms. The summed E-state index contributed by atoms with van der Waals surface area (Å²) in [6, 6.07) is 12.5. The van der Waals surface area contributed by atoms with Crippen LogP contribution in [0.15, 0.2) is 52.3 Å². The predicted octanol–water partition coefficient (Wildman–Crippen LogP) is 4.42. The molecule has 0 unspecified atom stereocenters. The summed E-state index contributed by atoms with van der Waals surface area (Å²) in [7, 11) is -3.57. The van der Waals surface area contributed by atoms with E-state index in [0.717, 1.165) is 41.0 Å². The molecule has 0 aliphatic carbocycles. The summed E-state index contributed by atoms with van der Waals surface area (Å²) in [6.45, 7) is 7.48. The number of thiazole rings is 1. The standard InChI is InChI=1S/C27H34N4O4S3/c1-20-10-12-30(13-11-20)38(33,34)22-8-6-21(7-9-22)26(32)31(15-14-29-16-18-35-19-17-29)27-28-25-23(36-2)4-3-5-24(25)37-27/h3-9,20H,10-19H2,1-2H3. The van der Waals surface area contributed by atoms with Crippen LogP contribution in [-0.2, 0) is 14.8 Å². The third kappa shape index (κ3) is 5.93. The molecule has 2 fully saturated rings. The van der Waals surface area contributed by atoms with Crippen LogP contribution in [-0.4, -0.2) is 87.3 Å². The maximum absolute atomic E-state index is 13.8. The molecule has 0 N–H and O–H groups in total. The van der Waals surface area contributed by atoms with Crippen LogP contribution in [0.1, 0.15) is 30.1 Å². The highest BCUT2D eigenvalue weighted by molar-refractivity contribution is 7.98. The second-order valence-corrected chi connectivity index (χ2v) is 13.6. The van der Waals surface area contributed by atoms with E-state index in [1.807, 2.05) is 24.5 Å². The minimum Gasteiger partial charge on any atom is -0.379 e. The molecule has 8 nitrogen and oxygen atoms in total. The van der Waals surface area contributed by atoms with Gasteiger partial charge in [0.1, 0.15) is 0 Å². The van der Waals surface area contributed by atoms with E-state index >= 15 is 0 Å². The minimum absolute atomic E-state index is 0.182. The Bertz CT molecular complexity index is 1360. The van der Waals surface area contributed by atoms with Crippen molar-refractivity contribution in [2.75, 3.05) is 63.6 Å². The number of carbonyl (C=O) groups is 1. The molecule has 2 aromatic carbocycles. The summed E-state index contributed by atoms with van der Waals surface area (Å²) >= 11 is 3.14. The molecule has 0 atom stereocenters. The van der Waals surface area contributed by atoms with Gasteiger partial charge in [0.25, 0.3) is 5.91 Å². The van der Waals surface area contributed by atoms with Crippen molar-refractivity contribution in [1.29, 1.82) is 0 Å². The minimum atomic E-state index is -3.57. The Kier molecular flexibility index (Phi) is 8.71. The predicted molar refractivity (Wildman–Crippen MR) is 154 cm³/mol. The average Bonchev–Trinajstić information content (AvgIpc) is 3.38. The Morgan fingerprint density at radius 3 is 2.50 bits per heavy atom. The highest BCUT2D eigenvalue weighted by atomic mass is 32.2. The largest absolute Gasteiger partial charge is 0.379 e. The molecule has 1 amide bonds. The van der Waals surface area contributed by atoms with Crippen LogP contribution < -0.4 is 4.90 Å². The zero-order chi connectivity index (χ0) is 26.7. The van der Waals surface area contributed by atoms with E-state index in [4.69, 9.17) is 9.72 Å². The Morgan fingerprint density at radius 2 is 1.82 bits per heavy atom. The van der Waals surface area contributed by atoms with Gasteiger partial charge in [-0.05, 0) is 61.4 Å². The summed E-state index contributed by atoms with van der Waals surface area (Å²) < 4.78 is 34.4. The zero-order valence-corrected chi connectivity index (χ0v) is 24.3. The molecule has 38 heavy (non-hydrogen) atoms. The molecule has 3 aromatic rings. The van der Waals surface area contributed by atoms with Crippen LogP contribution in [0.3, 0.4) is 0 Å². The number of para-hydroxylation sites is 1. The first-order chi connectivity index (χ1) is 18.4. The Balaban J connectivity index is 1.40. The lowest BCUT2D eigenvalue weighted by Crippen LogP contribution is -2.43. The van der Waals surface area contributed by atoms with Crippen molar-refractivity contribution in [3.05, 3.63) is 48.0 Å². The van der Waals surface area contributed by atoms with Crippen molar-refractivity contribution < 1.29 is 17.9 Å². The van der Waals surface area contributed by atoms with Crippen molar-refractivity contribution in [2.45, 2.75) is 29.6 Å². The highest BCUT2D eigenvalue weighted by Crippen LogP contribution is 2.35. The molecule has 1 aromatic heterocycles. The molecule has 5 rings (SSSR count). The van der Waals surface area contributed by atoms with Crippen molar-refractivity contribution >= 4 is 54.4 Å². The van der Waals surface area contributed by atoms with Gasteiger partial charge >= 0.3 is 0 Å². The number of aromatic nitrogens is 1. The van der Waals surface area contributed by atoms with Gasteiger partial charge in [0, 0.05) is 49.7 Å². The van der Waals surface area contributed by atoms with Crippen molar-refractivity contribution in [3.63, 3.8) is 0 Å². The summed E-state index contributed by atoms with van der Waals surface area (Å²) in [5.74, 6) is 0.359. The smallest absolute Gasteiger partial charge is 0.260 e. The zero-order valence-electron chi connectivity index (χ0n) is 21.8. The van der Waals surface area contributed by atoms with Gasteiger partial charge in [0.05, 0.1) is 28.3 Å². The number of ether oxygens (including phenoxy) is 1. The van der Waals surface area contributed by atoms with Crippen LogP contribution in [0, 0.1) is 5.92 Å². The van der Waals surface area contributed by atoms with E-state index in [1.54, 1.807) is 45.2 Å². The van der Waals surface area contributed by atoms with E-state index in [0.29, 0.717) is 56.0 Å². The number of hydrogen-bond donors (Lipinski definition) is 0. The molecule has 0 spiro atoms. The number of anilines is 1. The van der Waals surface area contributed by atoms with E-state index in [9.17, 15) is 13.2 Å². The molecule has 3 heterocycles. The molecule has 204 valence electrons. The fourth-order valence-electron chi connectivity index (χ4n) is 4.84. The number of morpholine rings is 1. The number of rotatable bonds is 8. The van der Waals surface area contributed by atoms with E-state index in [2.05, 4.69) is 11.8 Å². The SMILES string of the molecule is CSc1cccc2sc(N(CCN3CCOCC3)C(=O)c3ccc(S(=O)(=O)N4CCC(C)CC4)cc3)nc12. The first-order valence-electron chi connectivity index (χ1n) is 13.0. The first-order valence-corrected chi connectivity index (χ1v) is 16.5. The van der Waals surface area contributed by atoms with Crippen molar-refractivity contribution in [1.82, 2.24) is 14.2 Å². The lowest BCUT2D eigenvalue weighted by atomic mass is 10.0. The molecular formula is C27H34N4O4S3. The van der Waals surface area contributed by atoms with Crippen LogP contribution in [0.25, 0.3) is 10.2 Å². The number of benzene rings is 2. The maximum atomic E-state index is 13.8. The van der Waals surface area contributed by atoms with Gasteiger partial charge in [-0.2, -0.15) is 4.31 Å². The monoisotopic (exact) mass is 574 g/mol. The number of sulfonamides is 1. The molecular weight excluding hydrogens is 541 g/mol. The fourth-order valence-corrected chi connectivity index (χ4v) is 7.96. The Morgan fingerprint density at radius 1 is 1.11 bits per heavy atom. The molecule has 2 saturated heterocycles. The van der Waals surface area contributed by atoms with Gasteiger partial charge in [-0.3, -0.25) is 14.6 Å². The molecule has 2 aliphatic rings. The fraction of sp³-hybridized carbons (Fsp3) is 0.481. The van der Waals surface area contributed by atoms with Crippen LogP contribution >= 0.6 is 23.1 Å². The summed E-state index contributed by atoms with van der Waals surface area (Å²) in [5.41, 5.74) is 1.35. The van der Waals surface area contributed by atoms with Gasteiger partial charge in [-0.15, -0.1) is 11.8 Å². The molecule has 0 saturated carbocycles. The van der Waals surface area contributed by atoms with E-state index in [1.165, 1.54) is 11.3 Å². The maximum Gasteiger partial charge on any atom is 0.260 e. The quantitative estimate of drug-likeness (QED) is 0.369. The molecule has 2 aliphatic heterocycles. The Labute approximate surface area is 233 Å². The van der Waals surface area contributed by atoms with Crippen LogP contribution in [0.5, 0.6) is 0 Å². The topological polar surface area (TPSA) is 83.0 Å². The van der Waals surface area contributed by atoms with Gasteiger partial charge in [-0.1, -0.05) is 24.3 Å². The van der Waals surface area contributed by atoms with E-state index < -0.39 is 10.0 Å². The number of piperidine rings is 1.